The van der Waals surface area contributed by atoms with Crippen LogP contribution in [0.2, 0.25) is 0 Å². The Morgan fingerprint density at radius 2 is 2.17 bits per heavy atom. The smallest absolute Gasteiger partial charge is 0.150 e. The maximum absolute atomic E-state index is 11.3. The van der Waals surface area contributed by atoms with Gasteiger partial charge in [-0.2, -0.15) is 0 Å². The topological polar surface area (TPSA) is 78.0 Å². The highest BCUT2D eigenvalue weighted by Crippen LogP contribution is 2.03. The van der Waals surface area contributed by atoms with Crippen LogP contribution in [-0.2, 0) is 22.8 Å². The highest BCUT2D eigenvalue weighted by molar-refractivity contribution is 7.91. The summed E-state index contributed by atoms with van der Waals surface area (Å²) in [5.74, 6) is 0.457. The predicted octanol–water partition coefficient (Wildman–Crippen LogP) is 0.988. The lowest BCUT2D eigenvalue weighted by atomic mass is 10.1. The van der Waals surface area contributed by atoms with E-state index in [1.165, 1.54) is 0 Å². The molecule has 1 aromatic rings. The Morgan fingerprint density at radius 3 is 2.78 bits per heavy atom. The monoisotopic (exact) mass is 273 g/mol. The number of nitrogens with two attached hydrogens (primary N) is 1. The molecule has 0 aliphatic heterocycles. The molecule has 2 N–H and O–H groups in total. The summed E-state index contributed by atoms with van der Waals surface area (Å²) >= 11 is 0. The summed E-state index contributed by atoms with van der Waals surface area (Å²) in [6, 6.07) is 0.147. The average Bonchev–Trinajstić information content (AvgIpc) is 2.76. The Morgan fingerprint density at radius 1 is 1.44 bits per heavy atom. The zero-order chi connectivity index (χ0) is 13.6. The van der Waals surface area contributed by atoms with Gasteiger partial charge in [-0.05, 0) is 12.8 Å². The summed E-state index contributed by atoms with van der Waals surface area (Å²) in [5.41, 5.74) is 6.84. The van der Waals surface area contributed by atoms with Gasteiger partial charge in [-0.15, -0.1) is 0 Å². The van der Waals surface area contributed by atoms with Gasteiger partial charge in [-0.1, -0.05) is 13.8 Å². The number of nitrogens with zero attached hydrogens (tertiary/aromatic N) is 2. The third kappa shape index (κ3) is 5.18. The second-order valence-corrected chi connectivity index (χ2v) is 7.04. The SMILES string of the molecule is CCC(N)Cc1cn(CCCS(=O)(=O)CC)cn1. The number of imidazole rings is 1. The molecule has 0 amide bonds. The van der Waals surface area contributed by atoms with Crippen LogP contribution >= 0.6 is 0 Å². The van der Waals surface area contributed by atoms with Gasteiger partial charge in [0.05, 0.1) is 17.8 Å². The van der Waals surface area contributed by atoms with Crippen LogP contribution in [0.4, 0.5) is 0 Å². The summed E-state index contributed by atoms with van der Waals surface area (Å²) in [6.45, 7) is 4.42. The van der Waals surface area contributed by atoms with Crippen molar-refractivity contribution in [3.05, 3.63) is 18.2 Å². The van der Waals surface area contributed by atoms with Gasteiger partial charge in [0.25, 0.3) is 0 Å². The van der Waals surface area contributed by atoms with Crippen molar-refractivity contribution in [2.24, 2.45) is 5.73 Å². The second kappa shape index (κ2) is 6.89. The fourth-order valence-corrected chi connectivity index (χ4v) is 2.52. The van der Waals surface area contributed by atoms with Gasteiger partial charge in [-0.3, -0.25) is 0 Å². The standard InChI is InChI=1S/C12H23N3O2S/c1-3-11(13)8-12-9-15(10-14-12)6-5-7-18(16,17)4-2/h9-11H,3-8,13H2,1-2H3. The van der Waals surface area contributed by atoms with Crippen LogP contribution in [0.15, 0.2) is 12.5 Å². The van der Waals surface area contributed by atoms with Gasteiger partial charge in [0.2, 0.25) is 0 Å². The Kier molecular flexibility index (Phi) is 5.81. The number of hydrogen-bond acceptors (Lipinski definition) is 4. The molecule has 0 aliphatic carbocycles. The first kappa shape index (κ1) is 15.2. The number of aromatic nitrogens is 2. The van der Waals surface area contributed by atoms with Gasteiger partial charge < -0.3 is 10.3 Å². The first-order chi connectivity index (χ1) is 8.46. The zero-order valence-electron chi connectivity index (χ0n) is 11.2. The van der Waals surface area contributed by atoms with E-state index >= 15 is 0 Å². The number of rotatable bonds is 8. The quantitative estimate of drug-likeness (QED) is 0.766. The molecule has 1 unspecified atom stereocenters. The van der Waals surface area contributed by atoms with Crippen LogP contribution in [0.3, 0.4) is 0 Å². The molecule has 1 rings (SSSR count). The molecule has 0 saturated heterocycles. The minimum Gasteiger partial charge on any atom is -0.337 e. The van der Waals surface area contributed by atoms with Crippen molar-refractivity contribution in [1.82, 2.24) is 9.55 Å². The van der Waals surface area contributed by atoms with Gasteiger partial charge in [0.15, 0.2) is 0 Å². The van der Waals surface area contributed by atoms with E-state index in [0.717, 1.165) is 18.5 Å². The van der Waals surface area contributed by atoms with E-state index in [2.05, 4.69) is 11.9 Å². The largest absolute Gasteiger partial charge is 0.337 e. The molecule has 0 aromatic carbocycles. The van der Waals surface area contributed by atoms with E-state index in [1.807, 2.05) is 10.8 Å². The van der Waals surface area contributed by atoms with Crippen molar-refractivity contribution in [3.8, 4) is 0 Å². The molecule has 0 spiro atoms. The van der Waals surface area contributed by atoms with E-state index in [9.17, 15) is 8.42 Å². The second-order valence-electron chi connectivity index (χ2n) is 4.57. The molecule has 0 fully saturated rings. The van der Waals surface area contributed by atoms with Gasteiger partial charge in [-0.25, -0.2) is 13.4 Å². The van der Waals surface area contributed by atoms with Crippen molar-refractivity contribution < 1.29 is 8.42 Å². The minimum absolute atomic E-state index is 0.147. The summed E-state index contributed by atoms with van der Waals surface area (Å²) in [6.07, 6.45) is 6.04. The summed E-state index contributed by atoms with van der Waals surface area (Å²) in [4.78, 5) is 4.27. The summed E-state index contributed by atoms with van der Waals surface area (Å²) in [5, 5.41) is 0. The normalized spacial score (nSPS) is 13.7. The molecule has 6 heteroatoms. The molecular formula is C12H23N3O2S. The Bertz CT molecular complexity index is 454. The maximum Gasteiger partial charge on any atom is 0.150 e. The van der Waals surface area contributed by atoms with Crippen LogP contribution in [0.25, 0.3) is 0 Å². The average molecular weight is 273 g/mol. The molecule has 0 radical (unpaired) electrons. The van der Waals surface area contributed by atoms with Crippen molar-refractivity contribution in [3.63, 3.8) is 0 Å². The van der Waals surface area contributed by atoms with Crippen LogP contribution < -0.4 is 5.73 Å². The summed E-state index contributed by atoms with van der Waals surface area (Å²) in [7, 11) is -2.86. The molecule has 1 aromatic heterocycles. The lowest BCUT2D eigenvalue weighted by Crippen LogP contribution is -2.21. The van der Waals surface area contributed by atoms with E-state index in [0.29, 0.717) is 13.0 Å². The van der Waals surface area contributed by atoms with Crippen molar-refractivity contribution >= 4 is 9.84 Å². The van der Waals surface area contributed by atoms with Crippen LogP contribution in [0, 0.1) is 0 Å². The van der Waals surface area contributed by atoms with Gasteiger partial charge in [0.1, 0.15) is 9.84 Å². The van der Waals surface area contributed by atoms with Crippen LogP contribution in [0.1, 0.15) is 32.4 Å². The number of sulfone groups is 1. The maximum atomic E-state index is 11.3. The van der Waals surface area contributed by atoms with Crippen LogP contribution in [0.5, 0.6) is 0 Å². The van der Waals surface area contributed by atoms with E-state index in [-0.39, 0.29) is 17.5 Å². The van der Waals surface area contributed by atoms with Crippen molar-refractivity contribution in [2.75, 3.05) is 11.5 Å². The molecule has 1 atom stereocenters. The minimum atomic E-state index is -2.86. The highest BCUT2D eigenvalue weighted by atomic mass is 32.2. The first-order valence-electron chi connectivity index (χ1n) is 6.43. The third-order valence-electron chi connectivity index (χ3n) is 2.99. The molecule has 104 valence electrons. The predicted molar refractivity (Wildman–Crippen MR) is 73.1 cm³/mol. The van der Waals surface area contributed by atoms with Gasteiger partial charge in [0, 0.05) is 31.0 Å². The Hall–Kier alpha value is -0.880. The van der Waals surface area contributed by atoms with E-state index in [1.54, 1.807) is 13.3 Å². The lowest BCUT2D eigenvalue weighted by molar-refractivity contribution is 0.587. The third-order valence-corrected chi connectivity index (χ3v) is 4.78. The summed E-state index contributed by atoms with van der Waals surface area (Å²) < 4.78 is 24.6. The Labute approximate surface area is 109 Å². The van der Waals surface area contributed by atoms with Crippen molar-refractivity contribution in [1.29, 1.82) is 0 Å². The zero-order valence-corrected chi connectivity index (χ0v) is 12.0. The number of hydrogen-bond donors (Lipinski definition) is 1. The molecule has 5 nitrogen and oxygen atoms in total. The highest BCUT2D eigenvalue weighted by Gasteiger charge is 2.08. The molecule has 0 bridgehead atoms. The number of aryl methyl sites for hydroxylation is 1. The van der Waals surface area contributed by atoms with Gasteiger partial charge >= 0.3 is 0 Å². The Balaban J connectivity index is 2.40. The molecule has 1 heterocycles. The molecule has 0 saturated carbocycles. The van der Waals surface area contributed by atoms with Crippen LogP contribution in [-0.4, -0.2) is 35.5 Å². The van der Waals surface area contributed by atoms with E-state index < -0.39 is 9.84 Å². The first-order valence-corrected chi connectivity index (χ1v) is 8.25. The molecule has 0 aliphatic rings. The molecule has 18 heavy (non-hydrogen) atoms. The molecular weight excluding hydrogens is 250 g/mol. The van der Waals surface area contributed by atoms with Crippen molar-refractivity contribution in [2.45, 2.75) is 45.7 Å². The fraction of sp³-hybridized carbons (Fsp3) is 0.750. The van der Waals surface area contributed by atoms with E-state index in [4.69, 9.17) is 5.73 Å². The fourth-order valence-electron chi connectivity index (χ4n) is 1.66. The lowest BCUT2D eigenvalue weighted by Gasteiger charge is -2.05.